The van der Waals surface area contributed by atoms with E-state index in [-0.39, 0.29) is 0 Å². The van der Waals surface area contributed by atoms with Crippen LogP contribution in [-0.4, -0.2) is 29.9 Å². The van der Waals surface area contributed by atoms with Crippen molar-refractivity contribution in [3.8, 4) is 90.2 Å². The Morgan fingerprint density at radius 1 is 0.288 bits per heavy atom. The zero-order valence-electron chi connectivity index (χ0n) is 40.5. The SMILES string of the molecule is Cc1cc(-c2nc(-c3cc(-c4ccc(-c5ncccc5C)c(C)n4)cc(-c4cc5ccccc5c5ccccc45)c3)nc(-c3ccc(-c4cccc5ccccc45)cn3)n2)ccc1-c1cccc2ccccc12. The molecule has 9 aromatic carbocycles. The fourth-order valence-electron chi connectivity index (χ4n) is 10.6. The quantitative estimate of drug-likeness (QED) is 0.141. The summed E-state index contributed by atoms with van der Waals surface area (Å²) in [4.78, 5) is 31.0. The summed E-state index contributed by atoms with van der Waals surface area (Å²) >= 11 is 0. The van der Waals surface area contributed by atoms with Crippen LogP contribution in [0.3, 0.4) is 0 Å². The Balaban J connectivity index is 1.01. The molecule has 0 N–H and O–H groups in total. The summed E-state index contributed by atoms with van der Waals surface area (Å²) in [7, 11) is 0. The van der Waals surface area contributed by atoms with Crippen LogP contribution in [0.15, 0.2) is 225 Å². The van der Waals surface area contributed by atoms with Crippen molar-refractivity contribution >= 4 is 43.1 Å². The highest BCUT2D eigenvalue weighted by Crippen LogP contribution is 2.40. The molecule has 0 aliphatic carbocycles. The molecule has 4 aromatic heterocycles. The maximum Gasteiger partial charge on any atom is 0.182 e. The second kappa shape index (κ2) is 18.0. The molecule has 0 saturated heterocycles. The van der Waals surface area contributed by atoms with Gasteiger partial charge in [-0.2, -0.15) is 0 Å². The second-order valence-corrected chi connectivity index (χ2v) is 18.8. The zero-order chi connectivity index (χ0) is 49.0. The van der Waals surface area contributed by atoms with Crippen molar-refractivity contribution in [1.29, 1.82) is 0 Å². The van der Waals surface area contributed by atoms with Crippen molar-refractivity contribution in [2.24, 2.45) is 0 Å². The lowest BCUT2D eigenvalue weighted by atomic mass is 9.91. The van der Waals surface area contributed by atoms with Crippen LogP contribution in [0.25, 0.3) is 133 Å². The lowest BCUT2D eigenvalue weighted by Gasteiger charge is -2.16. The third kappa shape index (κ3) is 7.96. The first-order chi connectivity index (χ1) is 35.9. The molecule has 73 heavy (non-hydrogen) atoms. The summed E-state index contributed by atoms with van der Waals surface area (Å²) < 4.78 is 0. The third-order valence-electron chi connectivity index (χ3n) is 14.2. The summed E-state index contributed by atoms with van der Waals surface area (Å²) in [5.74, 6) is 1.56. The minimum atomic E-state index is 0.479. The normalized spacial score (nSPS) is 11.5. The molecule has 0 amide bonds. The van der Waals surface area contributed by atoms with Crippen molar-refractivity contribution in [1.82, 2.24) is 29.9 Å². The zero-order valence-corrected chi connectivity index (χ0v) is 40.5. The standard InChI is InChI=1S/C67H46N6/c1-41-15-14-34-68-64(41)53-31-33-62(70-43(53)3)50-36-49(61-39-46-18-6-9-23-56(46)59-24-10-11-25-60(59)61)37-51(38-50)66-71-65(47-28-30-52(42(2)35-47)58-27-13-20-45-17-5-8-22-55(45)58)72-67(73-66)63-32-29-48(40-69-63)57-26-12-19-44-16-4-7-21-54(44)57/h4-40H,1-3H3. The number of nitrogens with zero attached hydrogens (tertiary/aromatic N) is 6. The maximum absolute atomic E-state index is 5.38. The average Bonchev–Trinajstić information content (AvgIpc) is 3.44. The van der Waals surface area contributed by atoms with Gasteiger partial charge in [0, 0.05) is 45.9 Å². The molecule has 13 aromatic rings. The summed E-state index contributed by atoms with van der Waals surface area (Å²) in [6, 6.07) is 75.0. The number of aromatic nitrogens is 6. The van der Waals surface area contributed by atoms with Crippen LogP contribution in [0.2, 0.25) is 0 Å². The van der Waals surface area contributed by atoms with Gasteiger partial charge in [0.2, 0.25) is 0 Å². The van der Waals surface area contributed by atoms with Gasteiger partial charge in [0.25, 0.3) is 0 Å². The maximum atomic E-state index is 5.38. The largest absolute Gasteiger partial charge is 0.256 e. The molecule has 0 atom stereocenters. The molecule has 0 spiro atoms. The first-order valence-corrected chi connectivity index (χ1v) is 24.7. The fraction of sp³-hybridized carbons (Fsp3) is 0.0448. The molecule has 6 heteroatoms. The van der Waals surface area contributed by atoms with Crippen LogP contribution >= 0.6 is 0 Å². The van der Waals surface area contributed by atoms with E-state index in [0.29, 0.717) is 23.2 Å². The topological polar surface area (TPSA) is 77.3 Å². The van der Waals surface area contributed by atoms with E-state index in [0.717, 1.165) is 89.1 Å². The molecule has 0 bridgehead atoms. The molecule has 13 rings (SSSR count). The Bertz CT molecular complexity index is 4300. The van der Waals surface area contributed by atoms with E-state index < -0.39 is 0 Å². The number of benzene rings is 9. The second-order valence-electron chi connectivity index (χ2n) is 18.8. The van der Waals surface area contributed by atoms with Crippen LogP contribution in [0.4, 0.5) is 0 Å². The van der Waals surface area contributed by atoms with E-state index >= 15 is 0 Å². The molecule has 0 aliphatic rings. The van der Waals surface area contributed by atoms with E-state index in [1.165, 1.54) is 37.9 Å². The molecule has 344 valence electrons. The Kier molecular flexibility index (Phi) is 10.7. The Morgan fingerprint density at radius 3 is 1.60 bits per heavy atom. The van der Waals surface area contributed by atoms with Gasteiger partial charge >= 0.3 is 0 Å². The van der Waals surface area contributed by atoms with Gasteiger partial charge in [0.05, 0.1) is 11.4 Å². The van der Waals surface area contributed by atoms with E-state index in [1.807, 2.05) is 24.5 Å². The van der Waals surface area contributed by atoms with Gasteiger partial charge in [-0.15, -0.1) is 0 Å². The van der Waals surface area contributed by atoms with E-state index in [1.54, 1.807) is 0 Å². The monoisotopic (exact) mass is 934 g/mol. The predicted octanol–water partition coefficient (Wildman–Crippen LogP) is 16.9. The van der Waals surface area contributed by atoms with Crippen molar-refractivity contribution in [2.45, 2.75) is 20.8 Å². The highest BCUT2D eigenvalue weighted by atomic mass is 15.0. The molecule has 4 heterocycles. The summed E-state index contributed by atoms with van der Waals surface area (Å²) in [6.07, 6.45) is 3.77. The van der Waals surface area contributed by atoms with Gasteiger partial charge in [0.15, 0.2) is 17.5 Å². The van der Waals surface area contributed by atoms with Gasteiger partial charge in [0.1, 0.15) is 5.69 Å². The number of fused-ring (bicyclic) bond motifs is 5. The number of aryl methyl sites for hydroxylation is 3. The number of pyridine rings is 3. The molecule has 6 nitrogen and oxygen atoms in total. The first kappa shape index (κ1) is 43.5. The smallest absolute Gasteiger partial charge is 0.182 e. The first-order valence-electron chi connectivity index (χ1n) is 24.7. The average molecular weight is 935 g/mol. The lowest BCUT2D eigenvalue weighted by molar-refractivity contribution is 1.06. The van der Waals surface area contributed by atoms with Crippen LogP contribution < -0.4 is 0 Å². The van der Waals surface area contributed by atoms with Gasteiger partial charge < -0.3 is 0 Å². The summed E-state index contributed by atoms with van der Waals surface area (Å²) in [6.45, 7) is 6.31. The minimum absolute atomic E-state index is 0.479. The lowest BCUT2D eigenvalue weighted by Crippen LogP contribution is -2.02. The molecule has 0 radical (unpaired) electrons. The van der Waals surface area contributed by atoms with Gasteiger partial charge in [-0.25, -0.2) is 15.0 Å². The highest BCUT2D eigenvalue weighted by molar-refractivity contribution is 6.14. The highest BCUT2D eigenvalue weighted by Gasteiger charge is 2.20. The van der Waals surface area contributed by atoms with Crippen LogP contribution in [-0.2, 0) is 0 Å². The van der Waals surface area contributed by atoms with E-state index in [9.17, 15) is 0 Å². The third-order valence-corrected chi connectivity index (χ3v) is 14.2. The molecular formula is C67H46N6. The Hall–Kier alpha value is -9.52. The van der Waals surface area contributed by atoms with Crippen molar-refractivity contribution < 1.29 is 0 Å². The van der Waals surface area contributed by atoms with Crippen molar-refractivity contribution in [2.75, 3.05) is 0 Å². The summed E-state index contributed by atoms with van der Waals surface area (Å²) in [5, 5.41) is 9.50. The number of hydrogen-bond acceptors (Lipinski definition) is 6. The Labute approximate surface area is 423 Å². The number of rotatable bonds is 8. The van der Waals surface area contributed by atoms with Crippen LogP contribution in [0, 0.1) is 20.8 Å². The van der Waals surface area contributed by atoms with Crippen molar-refractivity contribution in [3.05, 3.63) is 242 Å². The minimum Gasteiger partial charge on any atom is -0.256 e. The molecule has 0 aliphatic heterocycles. The fourth-order valence-corrected chi connectivity index (χ4v) is 10.6. The van der Waals surface area contributed by atoms with Gasteiger partial charge in [-0.3, -0.25) is 15.0 Å². The van der Waals surface area contributed by atoms with E-state index in [4.69, 9.17) is 29.9 Å². The van der Waals surface area contributed by atoms with Crippen LogP contribution in [0.1, 0.15) is 16.8 Å². The molecule has 0 fully saturated rings. The Morgan fingerprint density at radius 2 is 0.877 bits per heavy atom. The van der Waals surface area contributed by atoms with Crippen LogP contribution in [0.5, 0.6) is 0 Å². The molecule has 0 saturated carbocycles. The van der Waals surface area contributed by atoms with E-state index in [2.05, 4.69) is 221 Å². The molecular weight excluding hydrogens is 889 g/mol. The van der Waals surface area contributed by atoms with Crippen molar-refractivity contribution in [3.63, 3.8) is 0 Å². The predicted molar refractivity (Wildman–Crippen MR) is 301 cm³/mol. The molecule has 0 unspecified atom stereocenters. The van der Waals surface area contributed by atoms with Gasteiger partial charge in [-0.1, -0.05) is 158 Å². The van der Waals surface area contributed by atoms with Gasteiger partial charge in [-0.05, 0) is 157 Å². The number of hydrogen-bond donors (Lipinski definition) is 0. The summed E-state index contributed by atoms with van der Waals surface area (Å²) in [5.41, 5.74) is 15.8.